The molecule has 0 aliphatic carbocycles. The summed E-state index contributed by atoms with van der Waals surface area (Å²) in [5, 5.41) is 0. The van der Waals surface area contributed by atoms with Gasteiger partial charge in [0.05, 0.1) is 0 Å². The molecule has 2 heteroatoms. The van der Waals surface area contributed by atoms with Gasteiger partial charge in [-0.1, -0.05) is 26.0 Å². The minimum atomic E-state index is 0.859. The lowest BCUT2D eigenvalue weighted by atomic mass is 9.92. The number of piperidine rings is 1. The SMILES string of the molecule is CC1CC(C)CN(CCCc2ccc(N)cc2)C1. The zero-order valence-electron chi connectivity index (χ0n) is 11.7. The molecule has 1 aliphatic rings. The Bertz CT molecular complexity index is 348. The van der Waals surface area contributed by atoms with Gasteiger partial charge in [0.25, 0.3) is 0 Å². The van der Waals surface area contributed by atoms with Crippen LogP contribution in [-0.4, -0.2) is 24.5 Å². The Labute approximate surface area is 111 Å². The second-order valence-electron chi connectivity index (χ2n) is 6.05. The van der Waals surface area contributed by atoms with E-state index in [-0.39, 0.29) is 0 Å². The van der Waals surface area contributed by atoms with Gasteiger partial charge in [-0.3, -0.25) is 0 Å². The van der Waals surface area contributed by atoms with E-state index >= 15 is 0 Å². The third-order valence-electron chi connectivity index (χ3n) is 3.86. The van der Waals surface area contributed by atoms with Crippen molar-refractivity contribution in [2.75, 3.05) is 25.4 Å². The Kier molecular flexibility index (Phi) is 4.65. The van der Waals surface area contributed by atoms with Crippen LogP contribution in [0.4, 0.5) is 5.69 Å². The Morgan fingerprint density at radius 2 is 1.72 bits per heavy atom. The minimum Gasteiger partial charge on any atom is -0.399 e. The quantitative estimate of drug-likeness (QED) is 0.827. The molecular weight excluding hydrogens is 220 g/mol. The third kappa shape index (κ3) is 4.02. The van der Waals surface area contributed by atoms with Crippen molar-refractivity contribution in [2.45, 2.75) is 33.1 Å². The molecule has 0 amide bonds. The molecule has 2 nitrogen and oxygen atoms in total. The summed E-state index contributed by atoms with van der Waals surface area (Å²) < 4.78 is 0. The average Bonchev–Trinajstić information content (AvgIpc) is 2.30. The predicted molar refractivity (Wildman–Crippen MR) is 78.6 cm³/mol. The normalized spacial score (nSPS) is 25.2. The molecule has 2 rings (SSSR count). The van der Waals surface area contributed by atoms with Crippen molar-refractivity contribution in [3.63, 3.8) is 0 Å². The number of nitrogens with two attached hydrogens (primary N) is 1. The van der Waals surface area contributed by atoms with Gasteiger partial charge < -0.3 is 10.6 Å². The van der Waals surface area contributed by atoms with Crippen LogP contribution in [0, 0.1) is 11.8 Å². The van der Waals surface area contributed by atoms with Crippen LogP contribution in [-0.2, 0) is 6.42 Å². The molecule has 100 valence electrons. The molecule has 1 fully saturated rings. The number of aryl methyl sites for hydroxylation is 1. The van der Waals surface area contributed by atoms with Crippen LogP contribution in [0.5, 0.6) is 0 Å². The van der Waals surface area contributed by atoms with E-state index in [0.717, 1.165) is 17.5 Å². The Balaban J connectivity index is 1.73. The van der Waals surface area contributed by atoms with Crippen LogP contribution in [0.25, 0.3) is 0 Å². The fourth-order valence-electron chi connectivity index (χ4n) is 3.17. The van der Waals surface area contributed by atoms with Crippen LogP contribution >= 0.6 is 0 Å². The fourth-order valence-corrected chi connectivity index (χ4v) is 3.17. The number of anilines is 1. The lowest BCUT2D eigenvalue weighted by molar-refractivity contribution is 0.140. The summed E-state index contributed by atoms with van der Waals surface area (Å²) in [5.41, 5.74) is 7.96. The largest absolute Gasteiger partial charge is 0.399 e. The Hall–Kier alpha value is -1.02. The molecule has 2 atom stereocenters. The van der Waals surface area contributed by atoms with Gasteiger partial charge in [0.2, 0.25) is 0 Å². The number of nitrogen functional groups attached to an aromatic ring is 1. The Morgan fingerprint density at radius 3 is 2.33 bits per heavy atom. The summed E-state index contributed by atoms with van der Waals surface area (Å²) in [6.45, 7) is 8.56. The van der Waals surface area contributed by atoms with Gasteiger partial charge in [0.1, 0.15) is 0 Å². The average molecular weight is 246 g/mol. The number of benzene rings is 1. The molecule has 1 aromatic carbocycles. The molecule has 1 aliphatic heterocycles. The lowest BCUT2D eigenvalue weighted by Crippen LogP contribution is -2.39. The second-order valence-corrected chi connectivity index (χ2v) is 6.05. The summed E-state index contributed by atoms with van der Waals surface area (Å²) >= 11 is 0. The highest BCUT2D eigenvalue weighted by molar-refractivity contribution is 5.39. The van der Waals surface area contributed by atoms with Gasteiger partial charge in [-0.05, 0) is 55.3 Å². The molecule has 2 unspecified atom stereocenters. The molecule has 0 spiro atoms. The smallest absolute Gasteiger partial charge is 0.0314 e. The predicted octanol–water partition coefficient (Wildman–Crippen LogP) is 3.18. The molecule has 0 aromatic heterocycles. The highest BCUT2D eigenvalue weighted by Gasteiger charge is 2.20. The van der Waals surface area contributed by atoms with E-state index < -0.39 is 0 Å². The zero-order chi connectivity index (χ0) is 13.0. The summed E-state index contributed by atoms with van der Waals surface area (Å²) in [5.74, 6) is 1.73. The summed E-state index contributed by atoms with van der Waals surface area (Å²) in [6, 6.07) is 8.30. The maximum Gasteiger partial charge on any atom is 0.0314 e. The van der Waals surface area contributed by atoms with Gasteiger partial charge in [0.15, 0.2) is 0 Å². The number of hydrogen-bond acceptors (Lipinski definition) is 2. The van der Waals surface area contributed by atoms with Gasteiger partial charge in [0, 0.05) is 18.8 Å². The van der Waals surface area contributed by atoms with Gasteiger partial charge >= 0.3 is 0 Å². The molecule has 0 saturated carbocycles. The monoisotopic (exact) mass is 246 g/mol. The van der Waals surface area contributed by atoms with E-state index in [1.165, 1.54) is 44.5 Å². The zero-order valence-corrected chi connectivity index (χ0v) is 11.7. The molecule has 1 aromatic rings. The first kappa shape index (κ1) is 13.4. The molecule has 0 radical (unpaired) electrons. The first-order valence-electron chi connectivity index (χ1n) is 7.20. The molecule has 1 saturated heterocycles. The van der Waals surface area contributed by atoms with E-state index in [4.69, 9.17) is 5.73 Å². The van der Waals surface area contributed by atoms with E-state index in [2.05, 4.69) is 30.9 Å². The fraction of sp³-hybridized carbons (Fsp3) is 0.625. The van der Waals surface area contributed by atoms with E-state index in [1.807, 2.05) is 12.1 Å². The third-order valence-corrected chi connectivity index (χ3v) is 3.86. The van der Waals surface area contributed by atoms with Crippen molar-refractivity contribution >= 4 is 5.69 Å². The van der Waals surface area contributed by atoms with Gasteiger partial charge in [-0.2, -0.15) is 0 Å². The van der Waals surface area contributed by atoms with Crippen molar-refractivity contribution in [2.24, 2.45) is 11.8 Å². The molecule has 1 heterocycles. The van der Waals surface area contributed by atoms with Crippen LogP contribution in [0.2, 0.25) is 0 Å². The summed E-state index contributed by atoms with van der Waals surface area (Å²) in [4.78, 5) is 2.64. The Morgan fingerprint density at radius 1 is 1.11 bits per heavy atom. The molecule has 2 N–H and O–H groups in total. The van der Waals surface area contributed by atoms with Crippen molar-refractivity contribution in [3.05, 3.63) is 29.8 Å². The van der Waals surface area contributed by atoms with Gasteiger partial charge in [-0.15, -0.1) is 0 Å². The molecule has 0 bridgehead atoms. The lowest BCUT2D eigenvalue weighted by Gasteiger charge is -2.34. The van der Waals surface area contributed by atoms with Gasteiger partial charge in [-0.25, -0.2) is 0 Å². The number of rotatable bonds is 4. The van der Waals surface area contributed by atoms with Crippen molar-refractivity contribution in [1.82, 2.24) is 4.90 Å². The van der Waals surface area contributed by atoms with E-state index in [0.29, 0.717) is 0 Å². The maximum absolute atomic E-state index is 5.69. The summed E-state index contributed by atoms with van der Waals surface area (Å²) in [6.07, 6.45) is 3.82. The highest BCUT2D eigenvalue weighted by Crippen LogP contribution is 2.21. The maximum atomic E-state index is 5.69. The minimum absolute atomic E-state index is 0.859. The number of likely N-dealkylation sites (tertiary alicyclic amines) is 1. The van der Waals surface area contributed by atoms with Crippen LogP contribution in [0.3, 0.4) is 0 Å². The second kappa shape index (κ2) is 6.24. The first-order chi connectivity index (χ1) is 8.63. The molecular formula is C16H26N2. The van der Waals surface area contributed by atoms with Crippen molar-refractivity contribution < 1.29 is 0 Å². The van der Waals surface area contributed by atoms with Crippen LogP contribution in [0.1, 0.15) is 32.3 Å². The van der Waals surface area contributed by atoms with Crippen LogP contribution < -0.4 is 5.73 Å². The van der Waals surface area contributed by atoms with E-state index in [9.17, 15) is 0 Å². The van der Waals surface area contributed by atoms with E-state index in [1.54, 1.807) is 0 Å². The number of hydrogen-bond donors (Lipinski definition) is 1. The van der Waals surface area contributed by atoms with Crippen molar-refractivity contribution in [1.29, 1.82) is 0 Å². The highest BCUT2D eigenvalue weighted by atomic mass is 15.1. The van der Waals surface area contributed by atoms with Crippen molar-refractivity contribution in [3.8, 4) is 0 Å². The molecule has 18 heavy (non-hydrogen) atoms. The first-order valence-corrected chi connectivity index (χ1v) is 7.20. The number of nitrogens with zero attached hydrogens (tertiary/aromatic N) is 1. The summed E-state index contributed by atoms with van der Waals surface area (Å²) in [7, 11) is 0. The van der Waals surface area contributed by atoms with Crippen LogP contribution in [0.15, 0.2) is 24.3 Å². The topological polar surface area (TPSA) is 29.3 Å². The standard InChI is InChI=1S/C16H26N2/c1-13-10-14(2)12-18(11-13)9-3-4-15-5-7-16(17)8-6-15/h5-8,13-14H,3-4,9-12,17H2,1-2H3.